The van der Waals surface area contributed by atoms with Crippen LogP contribution in [0.5, 0.6) is 0 Å². The normalized spacial score (nSPS) is 9.50. The number of methoxy groups -OCH3 is 1. The van der Waals surface area contributed by atoms with Crippen molar-refractivity contribution >= 4 is 17.4 Å². The summed E-state index contributed by atoms with van der Waals surface area (Å²) in [5.41, 5.74) is 0.864. The monoisotopic (exact) mass is 186 g/mol. The highest BCUT2D eigenvalue weighted by Gasteiger charge is 2.00. The van der Waals surface area contributed by atoms with E-state index < -0.39 is 6.09 Å². The van der Waals surface area contributed by atoms with E-state index in [9.17, 15) is 4.79 Å². The number of carbonyl (C=O) groups excluding carboxylic acids is 1. The SMILES string of the molecule is COC(=O)NCc1csc(C)n1. The van der Waals surface area contributed by atoms with E-state index in [1.807, 2.05) is 12.3 Å². The van der Waals surface area contributed by atoms with Gasteiger partial charge in [-0.3, -0.25) is 0 Å². The van der Waals surface area contributed by atoms with Gasteiger partial charge in [0.15, 0.2) is 0 Å². The van der Waals surface area contributed by atoms with Crippen LogP contribution in [0.2, 0.25) is 0 Å². The predicted molar refractivity (Wildman–Crippen MR) is 46.1 cm³/mol. The summed E-state index contributed by atoms with van der Waals surface area (Å²) in [5, 5.41) is 5.45. The number of hydrogen-bond donors (Lipinski definition) is 1. The van der Waals surface area contributed by atoms with Gasteiger partial charge in [-0.2, -0.15) is 0 Å². The molecule has 0 radical (unpaired) electrons. The van der Waals surface area contributed by atoms with Gasteiger partial charge in [0.05, 0.1) is 24.4 Å². The summed E-state index contributed by atoms with van der Waals surface area (Å²) in [4.78, 5) is 14.8. The number of alkyl carbamates (subject to hydrolysis) is 1. The van der Waals surface area contributed by atoms with Gasteiger partial charge in [-0.1, -0.05) is 0 Å². The number of nitrogens with zero attached hydrogens (tertiary/aromatic N) is 1. The Morgan fingerprint density at radius 2 is 2.58 bits per heavy atom. The number of amides is 1. The Balaban J connectivity index is 2.38. The minimum absolute atomic E-state index is 0.428. The third-order valence-corrected chi connectivity index (χ3v) is 2.09. The van der Waals surface area contributed by atoms with Crippen LogP contribution in [0.15, 0.2) is 5.38 Å². The number of rotatable bonds is 2. The third-order valence-electron chi connectivity index (χ3n) is 1.27. The highest BCUT2D eigenvalue weighted by atomic mass is 32.1. The van der Waals surface area contributed by atoms with Gasteiger partial charge in [0.2, 0.25) is 0 Å². The number of aromatic nitrogens is 1. The molecule has 0 saturated heterocycles. The van der Waals surface area contributed by atoms with Crippen molar-refractivity contribution in [3.05, 3.63) is 16.1 Å². The van der Waals surface area contributed by atoms with E-state index in [0.717, 1.165) is 10.7 Å². The quantitative estimate of drug-likeness (QED) is 0.757. The molecule has 0 fully saturated rings. The minimum Gasteiger partial charge on any atom is -0.453 e. The molecule has 12 heavy (non-hydrogen) atoms. The van der Waals surface area contributed by atoms with Crippen LogP contribution in [0.1, 0.15) is 10.7 Å². The molecule has 0 spiro atoms. The Morgan fingerprint density at radius 1 is 1.83 bits per heavy atom. The van der Waals surface area contributed by atoms with Crippen molar-refractivity contribution in [3.8, 4) is 0 Å². The summed E-state index contributed by atoms with van der Waals surface area (Å²) < 4.78 is 4.40. The van der Waals surface area contributed by atoms with E-state index >= 15 is 0 Å². The number of thiazole rings is 1. The van der Waals surface area contributed by atoms with Gasteiger partial charge < -0.3 is 10.1 Å². The average Bonchev–Trinajstić information content (AvgIpc) is 2.47. The molecule has 0 atom stereocenters. The van der Waals surface area contributed by atoms with Crippen LogP contribution >= 0.6 is 11.3 Å². The molecule has 0 bridgehead atoms. The fraction of sp³-hybridized carbons (Fsp3) is 0.429. The Morgan fingerprint density at radius 3 is 3.08 bits per heavy atom. The molecule has 0 aliphatic heterocycles. The van der Waals surface area contributed by atoms with E-state index in [2.05, 4.69) is 15.0 Å². The summed E-state index contributed by atoms with van der Waals surface area (Å²) >= 11 is 1.56. The van der Waals surface area contributed by atoms with Crippen molar-refractivity contribution in [2.75, 3.05) is 7.11 Å². The van der Waals surface area contributed by atoms with Crippen molar-refractivity contribution in [1.82, 2.24) is 10.3 Å². The van der Waals surface area contributed by atoms with Gasteiger partial charge in [0, 0.05) is 5.38 Å². The van der Waals surface area contributed by atoms with Crippen molar-refractivity contribution in [2.45, 2.75) is 13.5 Å². The first-order valence-corrected chi connectivity index (χ1v) is 4.33. The van der Waals surface area contributed by atoms with Crippen molar-refractivity contribution < 1.29 is 9.53 Å². The maximum atomic E-state index is 10.6. The van der Waals surface area contributed by atoms with E-state index in [1.54, 1.807) is 11.3 Å². The van der Waals surface area contributed by atoms with Gasteiger partial charge in [-0.25, -0.2) is 9.78 Å². The maximum absolute atomic E-state index is 10.6. The Kier molecular flexibility index (Phi) is 3.04. The lowest BCUT2D eigenvalue weighted by Gasteiger charge is -1.99. The average molecular weight is 186 g/mol. The van der Waals surface area contributed by atoms with Gasteiger partial charge in [0.25, 0.3) is 0 Å². The van der Waals surface area contributed by atoms with Gasteiger partial charge in [-0.15, -0.1) is 11.3 Å². The number of ether oxygens (including phenoxy) is 1. The Labute approximate surface area is 74.6 Å². The second kappa shape index (κ2) is 4.06. The summed E-state index contributed by atoms with van der Waals surface area (Å²) in [6, 6.07) is 0. The second-order valence-corrected chi connectivity index (χ2v) is 3.27. The number of carbonyl (C=O) groups is 1. The summed E-state index contributed by atoms with van der Waals surface area (Å²) in [6.07, 6.45) is -0.430. The van der Waals surface area contributed by atoms with E-state index in [4.69, 9.17) is 0 Å². The molecular weight excluding hydrogens is 176 g/mol. The van der Waals surface area contributed by atoms with E-state index in [-0.39, 0.29) is 0 Å². The van der Waals surface area contributed by atoms with E-state index in [0.29, 0.717) is 6.54 Å². The highest BCUT2D eigenvalue weighted by Crippen LogP contribution is 2.06. The zero-order valence-corrected chi connectivity index (χ0v) is 7.77. The number of hydrogen-bond acceptors (Lipinski definition) is 4. The zero-order valence-electron chi connectivity index (χ0n) is 6.96. The first-order chi connectivity index (χ1) is 5.72. The maximum Gasteiger partial charge on any atom is 0.407 e. The molecule has 0 aromatic carbocycles. The summed E-state index contributed by atoms with van der Waals surface area (Å²) in [5.74, 6) is 0. The van der Waals surface area contributed by atoms with Crippen LogP contribution < -0.4 is 5.32 Å². The first-order valence-electron chi connectivity index (χ1n) is 3.45. The second-order valence-electron chi connectivity index (χ2n) is 2.20. The van der Waals surface area contributed by atoms with Gasteiger partial charge >= 0.3 is 6.09 Å². The summed E-state index contributed by atoms with van der Waals surface area (Å²) in [6.45, 7) is 2.35. The van der Waals surface area contributed by atoms with Crippen molar-refractivity contribution in [2.24, 2.45) is 0 Å². The highest BCUT2D eigenvalue weighted by molar-refractivity contribution is 7.09. The molecule has 1 aromatic rings. The Hall–Kier alpha value is -1.10. The molecule has 0 aliphatic carbocycles. The lowest BCUT2D eigenvalue weighted by atomic mass is 10.5. The van der Waals surface area contributed by atoms with Crippen LogP contribution in [0.4, 0.5) is 4.79 Å². The predicted octanol–water partition coefficient (Wildman–Crippen LogP) is 1.31. The zero-order chi connectivity index (χ0) is 8.97. The molecule has 5 heteroatoms. The number of aryl methyl sites for hydroxylation is 1. The topological polar surface area (TPSA) is 51.2 Å². The first kappa shape index (κ1) is 8.99. The van der Waals surface area contributed by atoms with Gasteiger partial charge in [-0.05, 0) is 6.92 Å². The smallest absolute Gasteiger partial charge is 0.407 e. The number of nitrogens with one attached hydrogen (secondary N) is 1. The van der Waals surface area contributed by atoms with Gasteiger partial charge in [0.1, 0.15) is 0 Å². The molecule has 66 valence electrons. The molecule has 0 saturated carbocycles. The van der Waals surface area contributed by atoms with Crippen LogP contribution in [-0.2, 0) is 11.3 Å². The van der Waals surface area contributed by atoms with Crippen LogP contribution in [-0.4, -0.2) is 18.2 Å². The lowest BCUT2D eigenvalue weighted by Crippen LogP contribution is -2.22. The molecule has 1 N–H and O–H groups in total. The van der Waals surface area contributed by atoms with Crippen LogP contribution in [0, 0.1) is 6.92 Å². The lowest BCUT2D eigenvalue weighted by molar-refractivity contribution is 0.170. The summed E-state index contributed by atoms with van der Waals surface area (Å²) in [7, 11) is 1.33. The molecule has 0 aliphatic rings. The van der Waals surface area contributed by atoms with Crippen LogP contribution in [0.25, 0.3) is 0 Å². The van der Waals surface area contributed by atoms with Crippen LogP contribution in [0.3, 0.4) is 0 Å². The molecule has 1 amide bonds. The fourth-order valence-corrected chi connectivity index (χ4v) is 1.34. The molecule has 1 heterocycles. The molecular formula is C7H10N2O2S. The van der Waals surface area contributed by atoms with E-state index in [1.165, 1.54) is 7.11 Å². The standard InChI is InChI=1S/C7H10N2O2S/c1-5-9-6(4-12-5)3-8-7(10)11-2/h4H,3H2,1-2H3,(H,8,10). The molecule has 0 unspecified atom stereocenters. The molecule has 1 aromatic heterocycles. The Bertz CT molecular complexity index is 272. The molecule has 4 nitrogen and oxygen atoms in total. The minimum atomic E-state index is -0.430. The molecule has 1 rings (SSSR count). The fourth-order valence-electron chi connectivity index (χ4n) is 0.724. The van der Waals surface area contributed by atoms with Crippen molar-refractivity contribution in [1.29, 1.82) is 0 Å². The third kappa shape index (κ3) is 2.50. The van der Waals surface area contributed by atoms with Crippen molar-refractivity contribution in [3.63, 3.8) is 0 Å². The largest absolute Gasteiger partial charge is 0.453 e.